The molecule has 0 aliphatic carbocycles. The Hall–Kier alpha value is -0.850. The number of aliphatic hydroxyl groups excluding tert-OH is 3. The molecule has 2 unspecified atom stereocenters. The zero-order valence-corrected chi connectivity index (χ0v) is 11.3. The van der Waals surface area contributed by atoms with Crippen LogP contribution in [0.3, 0.4) is 0 Å². The average Bonchev–Trinajstić information content (AvgIpc) is 2.27. The number of aliphatic hydroxyl groups is 3. The minimum atomic E-state index is -1.62. The SMILES string of the molecule is CCCCCC(C)(C)N(C(=O)O)C(O)C(O)CO. The van der Waals surface area contributed by atoms with Crippen LogP contribution in [-0.4, -0.2) is 55.9 Å². The molecule has 0 aliphatic heterocycles. The molecule has 108 valence electrons. The predicted molar refractivity (Wildman–Crippen MR) is 67.2 cm³/mol. The van der Waals surface area contributed by atoms with E-state index in [2.05, 4.69) is 0 Å². The van der Waals surface area contributed by atoms with Gasteiger partial charge in [-0.25, -0.2) is 4.79 Å². The number of rotatable bonds is 8. The Kier molecular flexibility index (Phi) is 7.20. The number of carboxylic acid groups (broad SMARTS) is 1. The molecule has 4 N–H and O–H groups in total. The molecular formula is C12H25NO5. The molecule has 0 aromatic carbocycles. The molecule has 0 bridgehead atoms. The first-order valence-electron chi connectivity index (χ1n) is 6.27. The van der Waals surface area contributed by atoms with Crippen molar-refractivity contribution in [1.29, 1.82) is 0 Å². The minimum absolute atomic E-state index is 0.586. The van der Waals surface area contributed by atoms with Crippen LogP contribution in [-0.2, 0) is 0 Å². The summed E-state index contributed by atoms with van der Waals surface area (Å²) in [4.78, 5) is 12.0. The van der Waals surface area contributed by atoms with E-state index in [1.165, 1.54) is 0 Å². The highest BCUT2D eigenvalue weighted by Crippen LogP contribution is 2.25. The molecule has 0 fully saturated rings. The van der Waals surface area contributed by atoms with Crippen molar-refractivity contribution < 1.29 is 25.2 Å². The Balaban J connectivity index is 4.80. The van der Waals surface area contributed by atoms with E-state index in [1.54, 1.807) is 13.8 Å². The Morgan fingerprint density at radius 2 is 1.83 bits per heavy atom. The van der Waals surface area contributed by atoms with Crippen molar-refractivity contribution in [2.45, 2.75) is 64.3 Å². The summed E-state index contributed by atoms with van der Waals surface area (Å²) in [5.74, 6) is 0. The molecule has 18 heavy (non-hydrogen) atoms. The zero-order chi connectivity index (χ0) is 14.3. The third-order valence-electron chi connectivity index (χ3n) is 3.05. The molecule has 0 spiro atoms. The van der Waals surface area contributed by atoms with Gasteiger partial charge in [0.15, 0.2) is 6.23 Å². The molecule has 0 saturated carbocycles. The van der Waals surface area contributed by atoms with Gasteiger partial charge in [0.05, 0.1) is 6.61 Å². The smallest absolute Gasteiger partial charge is 0.409 e. The van der Waals surface area contributed by atoms with Gasteiger partial charge in [0.2, 0.25) is 0 Å². The zero-order valence-electron chi connectivity index (χ0n) is 11.3. The van der Waals surface area contributed by atoms with Gasteiger partial charge in [-0.05, 0) is 20.3 Å². The van der Waals surface area contributed by atoms with Crippen LogP contribution in [0.5, 0.6) is 0 Å². The summed E-state index contributed by atoms with van der Waals surface area (Å²) < 4.78 is 0. The molecule has 0 aromatic heterocycles. The van der Waals surface area contributed by atoms with Gasteiger partial charge < -0.3 is 20.4 Å². The quantitative estimate of drug-likeness (QED) is 0.386. The van der Waals surface area contributed by atoms with Crippen LogP contribution in [0.1, 0.15) is 46.5 Å². The van der Waals surface area contributed by atoms with Gasteiger partial charge in [0, 0.05) is 5.54 Å². The largest absolute Gasteiger partial charge is 0.465 e. The molecule has 6 nitrogen and oxygen atoms in total. The predicted octanol–water partition coefficient (Wildman–Crippen LogP) is 0.997. The van der Waals surface area contributed by atoms with E-state index in [1.807, 2.05) is 6.92 Å². The van der Waals surface area contributed by atoms with E-state index in [4.69, 9.17) is 10.2 Å². The topological polar surface area (TPSA) is 101 Å². The van der Waals surface area contributed by atoms with Crippen LogP contribution in [0.15, 0.2) is 0 Å². The van der Waals surface area contributed by atoms with Crippen LogP contribution < -0.4 is 0 Å². The maximum atomic E-state index is 11.2. The van der Waals surface area contributed by atoms with Crippen molar-refractivity contribution in [2.75, 3.05) is 6.61 Å². The highest BCUT2D eigenvalue weighted by atomic mass is 16.4. The second-order valence-corrected chi connectivity index (χ2v) is 5.09. The van der Waals surface area contributed by atoms with Crippen molar-refractivity contribution in [2.24, 2.45) is 0 Å². The van der Waals surface area contributed by atoms with Gasteiger partial charge in [-0.2, -0.15) is 0 Å². The number of hydrogen-bond donors (Lipinski definition) is 4. The molecule has 0 heterocycles. The van der Waals surface area contributed by atoms with E-state index in [0.717, 1.165) is 24.2 Å². The summed E-state index contributed by atoms with van der Waals surface area (Å²) in [7, 11) is 0. The van der Waals surface area contributed by atoms with Crippen LogP contribution in [0, 0.1) is 0 Å². The Morgan fingerprint density at radius 3 is 2.22 bits per heavy atom. The van der Waals surface area contributed by atoms with E-state index in [9.17, 15) is 15.0 Å². The first-order chi connectivity index (χ1) is 8.27. The second-order valence-electron chi connectivity index (χ2n) is 5.09. The molecule has 2 atom stereocenters. The third-order valence-corrected chi connectivity index (χ3v) is 3.05. The molecule has 0 aliphatic rings. The van der Waals surface area contributed by atoms with Gasteiger partial charge in [-0.15, -0.1) is 0 Å². The van der Waals surface area contributed by atoms with Gasteiger partial charge in [-0.3, -0.25) is 4.90 Å². The van der Waals surface area contributed by atoms with Gasteiger partial charge in [0.25, 0.3) is 0 Å². The van der Waals surface area contributed by atoms with E-state index in [-0.39, 0.29) is 0 Å². The highest BCUT2D eigenvalue weighted by molar-refractivity contribution is 5.66. The van der Waals surface area contributed by atoms with Crippen LogP contribution >= 0.6 is 0 Å². The number of unbranched alkanes of at least 4 members (excludes halogenated alkanes) is 2. The molecular weight excluding hydrogens is 238 g/mol. The fraction of sp³-hybridized carbons (Fsp3) is 0.917. The Bertz CT molecular complexity index is 257. The van der Waals surface area contributed by atoms with Crippen molar-refractivity contribution in [1.82, 2.24) is 4.90 Å². The van der Waals surface area contributed by atoms with Gasteiger partial charge >= 0.3 is 6.09 Å². The van der Waals surface area contributed by atoms with E-state index < -0.39 is 30.6 Å². The lowest BCUT2D eigenvalue weighted by Gasteiger charge is -2.41. The summed E-state index contributed by atoms with van der Waals surface area (Å²) in [6, 6.07) is 0. The summed E-state index contributed by atoms with van der Waals surface area (Å²) in [5, 5.41) is 37.1. The number of carbonyl (C=O) groups is 1. The normalized spacial score (nSPS) is 15.2. The summed E-state index contributed by atoms with van der Waals surface area (Å²) in [5.41, 5.74) is -0.795. The van der Waals surface area contributed by atoms with Crippen LogP contribution in [0.25, 0.3) is 0 Å². The number of hydrogen-bond acceptors (Lipinski definition) is 4. The number of amides is 1. The second kappa shape index (κ2) is 7.56. The van der Waals surface area contributed by atoms with E-state index >= 15 is 0 Å². The average molecular weight is 263 g/mol. The van der Waals surface area contributed by atoms with Crippen LogP contribution in [0.4, 0.5) is 4.79 Å². The highest BCUT2D eigenvalue weighted by Gasteiger charge is 2.38. The lowest BCUT2D eigenvalue weighted by Crippen LogP contribution is -2.57. The summed E-state index contributed by atoms with van der Waals surface area (Å²) in [6.07, 6.45) is -0.995. The van der Waals surface area contributed by atoms with Crippen LogP contribution in [0.2, 0.25) is 0 Å². The van der Waals surface area contributed by atoms with Crippen molar-refractivity contribution >= 4 is 6.09 Å². The fourth-order valence-corrected chi connectivity index (χ4v) is 1.92. The maximum Gasteiger partial charge on any atom is 0.409 e. The Morgan fingerprint density at radius 1 is 1.28 bits per heavy atom. The lowest BCUT2D eigenvalue weighted by molar-refractivity contribution is -0.118. The lowest BCUT2D eigenvalue weighted by atomic mass is 9.94. The molecule has 0 saturated heterocycles. The van der Waals surface area contributed by atoms with Crippen molar-refractivity contribution in [3.05, 3.63) is 0 Å². The fourth-order valence-electron chi connectivity index (χ4n) is 1.92. The first kappa shape index (κ1) is 17.2. The van der Waals surface area contributed by atoms with Crippen molar-refractivity contribution in [3.63, 3.8) is 0 Å². The molecule has 0 rings (SSSR count). The number of nitrogens with zero attached hydrogens (tertiary/aromatic N) is 1. The van der Waals surface area contributed by atoms with E-state index in [0.29, 0.717) is 6.42 Å². The minimum Gasteiger partial charge on any atom is -0.465 e. The maximum absolute atomic E-state index is 11.2. The van der Waals surface area contributed by atoms with Crippen molar-refractivity contribution in [3.8, 4) is 0 Å². The monoisotopic (exact) mass is 263 g/mol. The summed E-state index contributed by atoms with van der Waals surface area (Å²) in [6.45, 7) is 4.76. The third kappa shape index (κ3) is 4.80. The Labute approximate surface area is 108 Å². The molecule has 6 heteroatoms. The van der Waals surface area contributed by atoms with Gasteiger partial charge in [0.1, 0.15) is 6.10 Å². The first-order valence-corrected chi connectivity index (χ1v) is 6.27. The molecule has 0 radical (unpaired) electrons. The standard InChI is InChI=1S/C12H25NO5/c1-4-5-6-7-12(2,3)13(11(17)18)10(16)9(15)8-14/h9-10,14-16H,4-8H2,1-3H3,(H,17,18). The van der Waals surface area contributed by atoms with Gasteiger partial charge in [-0.1, -0.05) is 26.2 Å². The molecule has 1 amide bonds. The molecule has 0 aromatic rings. The summed E-state index contributed by atoms with van der Waals surface area (Å²) >= 11 is 0.